The number of rotatable bonds is 4. The normalized spacial score (nSPS) is 20.5. The molecular formula is C21H33N3O3. The monoisotopic (exact) mass is 375 g/mol. The van der Waals surface area contributed by atoms with Gasteiger partial charge in [-0.15, -0.1) is 0 Å². The van der Waals surface area contributed by atoms with Crippen LogP contribution in [0, 0.1) is 5.41 Å². The van der Waals surface area contributed by atoms with Gasteiger partial charge < -0.3 is 9.64 Å². The molecule has 1 aromatic carbocycles. The second-order valence-electron chi connectivity index (χ2n) is 8.62. The second kappa shape index (κ2) is 8.30. The lowest BCUT2D eigenvalue weighted by Gasteiger charge is -2.44. The van der Waals surface area contributed by atoms with Gasteiger partial charge in [-0.1, -0.05) is 30.3 Å². The van der Waals surface area contributed by atoms with Crippen molar-refractivity contribution >= 4 is 12.0 Å². The third kappa shape index (κ3) is 5.45. The smallest absolute Gasteiger partial charge is 0.410 e. The van der Waals surface area contributed by atoms with Crippen LogP contribution in [-0.2, 0) is 16.0 Å². The summed E-state index contributed by atoms with van der Waals surface area (Å²) in [6, 6.07) is 10.0. The van der Waals surface area contributed by atoms with Crippen LogP contribution >= 0.6 is 0 Å². The standard InChI is InChI=1S/C21H33N3O3/c1-20(2,3)27-19(26)24-14-10-13-21(16-24,18(25)23(6)22(4)5)15-17-11-8-7-9-12-17/h7-9,11-12H,10,13-16H2,1-6H3/t21-/m1/s1. The van der Waals surface area contributed by atoms with E-state index in [0.717, 1.165) is 18.4 Å². The number of amides is 2. The molecule has 0 spiro atoms. The molecule has 1 saturated heterocycles. The molecule has 1 aromatic rings. The molecule has 1 atom stereocenters. The van der Waals surface area contributed by atoms with Crippen molar-refractivity contribution in [3.8, 4) is 0 Å². The SMILES string of the molecule is CN(C)N(C)C(=O)[C@@]1(Cc2ccccc2)CCCN(C(=O)OC(C)(C)C)C1. The van der Waals surface area contributed by atoms with Gasteiger partial charge in [0.15, 0.2) is 0 Å². The van der Waals surface area contributed by atoms with Crippen molar-refractivity contribution in [2.24, 2.45) is 5.41 Å². The van der Waals surface area contributed by atoms with Crippen molar-refractivity contribution in [2.75, 3.05) is 34.2 Å². The Hall–Kier alpha value is -2.08. The molecular weight excluding hydrogens is 342 g/mol. The summed E-state index contributed by atoms with van der Waals surface area (Å²) in [6.45, 7) is 6.56. The minimum Gasteiger partial charge on any atom is -0.444 e. The molecule has 1 aliphatic heterocycles. The van der Waals surface area contributed by atoms with Crippen molar-refractivity contribution in [3.63, 3.8) is 0 Å². The summed E-state index contributed by atoms with van der Waals surface area (Å²) in [7, 11) is 5.48. The van der Waals surface area contributed by atoms with Gasteiger partial charge in [-0.05, 0) is 45.6 Å². The molecule has 27 heavy (non-hydrogen) atoms. The average Bonchev–Trinajstić information content (AvgIpc) is 2.60. The van der Waals surface area contributed by atoms with Crippen LogP contribution in [0.4, 0.5) is 4.79 Å². The zero-order chi connectivity index (χ0) is 20.2. The fourth-order valence-corrected chi connectivity index (χ4v) is 3.52. The lowest BCUT2D eigenvalue weighted by atomic mass is 9.74. The van der Waals surface area contributed by atoms with Gasteiger partial charge in [0.25, 0.3) is 0 Å². The lowest BCUT2D eigenvalue weighted by Crippen LogP contribution is -2.57. The van der Waals surface area contributed by atoms with Crippen LogP contribution < -0.4 is 0 Å². The van der Waals surface area contributed by atoms with E-state index in [-0.39, 0.29) is 12.0 Å². The van der Waals surface area contributed by atoms with Crippen molar-refractivity contribution < 1.29 is 14.3 Å². The number of nitrogens with zero attached hydrogens (tertiary/aromatic N) is 3. The third-order valence-corrected chi connectivity index (χ3v) is 4.96. The molecule has 1 aliphatic rings. The van der Waals surface area contributed by atoms with E-state index in [1.807, 2.05) is 65.2 Å². The van der Waals surface area contributed by atoms with E-state index < -0.39 is 11.0 Å². The first-order valence-corrected chi connectivity index (χ1v) is 9.51. The summed E-state index contributed by atoms with van der Waals surface area (Å²) in [4.78, 5) is 27.8. The third-order valence-electron chi connectivity index (χ3n) is 4.96. The van der Waals surface area contributed by atoms with E-state index in [4.69, 9.17) is 4.74 Å². The van der Waals surface area contributed by atoms with Crippen LogP contribution in [0.5, 0.6) is 0 Å². The maximum atomic E-state index is 13.4. The number of likely N-dealkylation sites (tertiary alicyclic amines) is 1. The Morgan fingerprint density at radius 1 is 1.15 bits per heavy atom. The summed E-state index contributed by atoms with van der Waals surface area (Å²) >= 11 is 0. The van der Waals surface area contributed by atoms with Crippen LogP contribution in [-0.4, -0.2) is 66.8 Å². The van der Waals surface area contributed by atoms with Crippen molar-refractivity contribution in [1.29, 1.82) is 0 Å². The van der Waals surface area contributed by atoms with Gasteiger partial charge in [0.1, 0.15) is 5.60 Å². The van der Waals surface area contributed by atoms with Crippen LogP contribution in [0.3, 0.4) is 0 Å². The number of hydrogen-bond acceptors (Lipinski definition) is 4. The molecule has 0 radical (unpaired) electrons. The van der Waals surface area contributed by atoms with E-state index in [1.54, 1.807) is 22.0 Å². The van der Waals surface area contributed by atoms with Crippen LogP contribution in [0.25, 0.3) is 0 Å². The van der Waals surface area contributed by atoms with Gasteiger partial charge in [-0.2, -0.15) is 0 Å². The Kier molecular flexibility index (Phi) is 6.52. The van der Waals surface area contributed by atoms with E-state index in [0.29, 0.717) is 19.5 Å². The number of hydrazine groups is 1. The molecule has 0 aliphatic carbocycles. The molecule has 0 aromatic heterocycles. The van der Waals surface area contributed by atoms with E-state index in [2.05, 4.69) is 0 Å². The van der Waals surface area contributed by atoms with Crippen LogP contribution in [0.1, 0.15) is 39.2 Å². The molecule has 0 saturated carbocycles. The van der Waals surface area contributed by atoms with Gasteiger partial charge in [0.05, 0.1) is 5.41 Å². The number of ether oxygens (including phenoxy) is 1. The fourth-order valence-electron chi connectivity index (χ4n) is 3.52. The number of carbonyl (C=O) groups excluding carboxylic acids is 2. The predicted molar refractivity (Wildman–Crippen MR) is 106 cm³/mol. The Labute approximate surface area is 163 Å². The summed E-state index contributed by atoms with van der Waals surface area (Å²) in [5.41, 5.74) is -0.111. The highest BCUT2D eigenvalue weighted by atomic mass is 16.6. The van der Waals surface area contributed by atoms with Gasteiger partial charge in [-0.3, -0.25) is 9.80 Å². The topological polar surface area (TPSA) is 53.1 Å². The summed E-state index contributed by atoms with van der Waals surface area (Å²) in [5, 5.41) is 3.42. The van der Waals surface area contributed by atoms with Crippen molar-refractivity contribution in [1.82, 2.24) is 14.9 Å². The first-order chi connectivity index (χ1) is 12.5. The minimum atomic E-state index is -0.657. The lowest BCUT2D eigenvalue weighted by molar-refractivity contribution is -0.156. The molecule has 6 heteroatoms. The molecule has 6 nitrogen and oxygen atoms in total. The Morgan fingerprint density at radius 2 is 1.78 bits per heavy atom. The van der Waals surface area contributed by atoms with Crippen molar-refractivity contribution in [3.05, 3.63) is 35.9 Å². The van der Waals surface area contributed by atoms with Gasteiger partial charge in [0, 0.05) is 34.2 Å². The first kappa shape index (κ1) is 21.2. The average molecular weight is 376 g/mol. The zero-order valence-corrected chi connectivity index (χ0v) is 17.5. The highest BCUT2D eigenvalue weighted by Crippen LogP contribution is 2.36. The minimum absolute atomic E-state index is 0.0320. The van der Waals surface area contributed by atoms with Gasteiger partial charge >= 0.3 is 6.09 Å². The number of carbonyl (C=O) groups is 2. The molecule has 150 valence electrons. The summed E-state index contributed by atoms with van der Waals surface area (Å²) < 4.78 is 5.56. The molecule has 2 amide bonds. The molecule has 0 unspecified atom stereocenters. The quantitative estimate of drug-likeness (QED) is 0.759. The molecule has 1 fully saturated rings. The maximum Gasteiger partial charge on any atom is 0.410 e. The van der Waals surface area contributed by atoms with Crippen LogP contribution in [0.15, 0.2) is 30.3 Å². The number of hydrogen-bond donors (Lipinski definition) is 0. The highest BCUT2D eigenvalue weighted by molar-refractivity contribution is 5.84. The van der Waals surface area contributed by atoms with E-state index >= 15 is 0 Å². The van der Waals surface area contributed by atoms with E-state index in [1.165, 1.54) is 0 Å². The van der Waals surface area contributed by atoms with Gasteiger partial charge in [-0.25, -0.2) is 9.80 Å². The molecule has 0 bridgehead atoms. The number of piperidine rings is 1. The zero-order valence-electron chi connectivity index (χ0n) is 17.5. The number of benzene rings is 1. The Morgan fingerprint density at radius 3 is 2.33 bits per heavy atom. The summed E-state index contributed by atoms with van der Waals surface area (Å²) in [5.74, 6) is 0.0320. The Bertz CT molecular complexity index is 654. The first-order valence-electron chi connectivity index (χ1n) is 9.51. The Balaban J connectivity index is 2.31. The van der Waals surface area contributed by atoms with Crippen molar-refractivity contribution in [2.45, 2.75) is 45.6 Å². The summed E-state index contributed by atoms with van der Waals surface area (Å²) in [6.07, 6.45) is 1.78. The van der Waals surface area contributed by atoms with E-state index in [9.17, 15) is 9.59 Å². The highest BCUT2D eigenvalue weighted by Gasteiger charge is 2.46. The predicted octanol–water partition coefficient (Wildman–Crippen LogP) is 3.18. The van der Waals surface area contributed by atoms with Gasteiger partial charge in [0.2, 0.25) is 5.91 Å². The largest absolute Gasteiger partial charge is 0.444 e. The molecule has 1 heterocycles. The van der Waals surface area contributed by atoms with Crippen LogP contribution in [0.2, 0.25) is 0 Å². The maximum absolute atomic E-state index is 13.4. The molecule has 0 N–H and O–H groups in total. The molecule has 2 rings (SSSR count). The second-order valence-corrected chi connectivity index (χ2v) is 8.62. The fraction of sp³-hybridized carbons (Fsp3) is 0.619.